The van der Waals surface area contributed by atoms with Crippen molar-refractivity contribution < 1.29 is 0 Å². The Kier molecular flexibility index (Phi) is 9.53. The van der Waals surface area contributed by atoms with Crippen LogP contribution in [0.1, 0.15) is 175 Å². The number of fused-ring (bicyclic) bond motifs is 1. The maximum absolute atomic E-state index is 2.96. The summed E-state index contributed by atoms with van der Waals surface area (Å²) >= 11 is 0. The Morgan fingerprint density at radius 3 is 1.78 bits per heavy atom. The van der Waals surface area contributed by atoms with Gasteiger partial charge in [-0.3, -0.25) is 0 Å². The van der Waals surface area contributed by atoms with E-state index in [4.69, 9.17) is 0 Å². The van der Waals surface area contributed by atoms with Gasteiger partial charge in [-0.05, 0) is 90.8 Å². The standard InChI is InChI=1S/C36H64/c1-4-5-6-16-26-35(2)34(29-20-12-8-13-21-29)27-32-31(28-18-10-7-11-19-28)24-17-25-33(32)36(35,3)30-22-14-9-15-23-30/h28-34H,4-27H2,1-3H3. The second kappa shape index (κ2) is 12.5. The summed E-state index contributed by atoms with van der Waals surface area (Å²) in [6.07, 6.45) is 37.0. The van der Waals surface area contributed by atoms with Crippen molar-refractivity contribution in [3.8, 4) is 0 Å². The smallest absolute Gasteiger partial charge is 0.0210 e. The van der Waals surface area contributed by atoms with Crippen LogP contribution < -0.4 is 0 Å². The minimum atomic E-state index is 0.584. The fraction of sp³-hybridized carbons (Fsp3) is 1.00. The molecule has 0 aromatic rings. The molecule has 0 saturated heterocycles. The second-order valence-corrected chi connectivity index (χ2v) is 15.3. The first kappa shape index (κ1) is 27.6. The van der Waals surface area contributed by atoms with Gasteiger partial charge in [-0.15, -0.1) is 0 Å². The molecular weight excluding hydrogens is 432 g/mol. The molecule has 0 amide bonds. The number of hydrogen-bond donors (Lipinski definition) is 0. The van der Waals surface area contributed by atoms with Crippen molar-refractivity contribution in [2.45, 2.75) is 175 Å². The summed E-state index contributed by atoms with van der Waals surface area (Å²) in [4.78, 5) is 0. The third-order valence-electron chi connectivity index (χ3n) is 13.9. The zero-order valence-electron chi connectivity index (χ0n) is 25.0. The van der Waals surface area contributed by atoms with Crippen LogP contribution in [-0.2, 0) is 0 Å². The van der Waals surface area contributed by atoms with Gasteiger partial charge in [0.1, 0.15) is 0 Å². The number of unbranched alkanes of at least 4 members (excludes halogenated alkanes) is 3. The molecule has 0 heterocycles. The summed E-state index contributed by atoms with van der Waals surface area (Å²) < 4.78 is 0. The number of rotatable bonds is 8. The van der Waals surface area contributed by atoms with Crippen LogP contribution in [0.25, 0.3) is 0 Å². The van der Waals surface area contributed by atoms with Crippen molar-refractivity contribution in [3.05, 3.63) is 0 Å². The van der Waals surface area contributed by atoms with Crippen LogP contribution in [0.15, 0.2) is 0 Å². The lowest BCUT2D eigenvalue weighted by atomic mass is 9.36. The Morgan fingerprint density at radius 1 is 0.528 bits per heavy atom. The highest BCUT2D eigenvalue weighted by Gasteiger charge is 2.63. The van der Waals surface area contributed by atoms with Crippen LogP contribution in [0.4, 0.5) is 0 Å². The van der Waals surface area contributed by atoms with Gasteiger partial charge in [0.25, 0.3) is 0 Å². The Hall–Kier alpha value is 0. The largest absolute Gasteiger partial charge is 0.0654 e. The summed E-state index contributed by atoms with van der Waals surface area (Å²) in [5, 5.41) is 0. The second-order valence-electron chi connectivity index (χ2n) is 15.3. The first-order valence-electron chi connectivity index (χ1n) is 17.6. The van der Waals surface area contributed by atoms with E-state index >= 15 is 0 Å². The molecular formula is C36H64. The molecule has 208 valence electrons. The molecule has 0 aromatic carbocycles. The molecule has 0 radical (unpaired) electrons. The molecule has 6 unspecified atom stereocenters. The van der Waals surface area contributed by atoms with Gasteiger partial charge < -0.3 is 0 Å². The van der Waals surface area contributed by atoms with Gasteiger partial charge >= 0.3 is 0 Å². The predicted octanol–water partition coefficient (Wildman–Crippen LogP) is 11.8. The summed E-state index contributed by atoms with van der Waals surface area (Å²) in [5.74, 6) is 7.38. The topological polar surface area (TPSA) is 0 Å². The summed E-state index contributed by atoms with van der Waals surface area (Å²) in [5.41, 5.74) is 1.18. The maximum atomic E-state index is 2.96. The van der Waals surface area contributed by atoms with Crippen molar-refractivity contribution in [1.82, 2.24) is 0 Å². The monoisotopic (exact) mass is 497 g/mol. The van der Waals surface area contributed by atoms with Crippen LogP contribution in [0, 0.1) is 52.3 Å². The first-order chi connectivity index (χ1) is 17.6. The van der Waals surface area contributed by atoms with Gasteiger partial charge in [0.2, 0.25) is 0 Å². The fourth-order valence-corrected chi connectivity index (χ4v) is 12.0. The zero-order valence-corrected chi connectivity index (χ0v) is 25.0. The normalized spacial score (nSPS) is 41.8. The summed E-state index contributed by atoms with van der Waals surface area (Å²) in [7, 11) is 0. The molecule has 5 saturated carbocycles. The maximum Gasteiger partial charge on any atom is -0.0210 e. The molecule has 5 fully saturated rings. The lowest BCUT2D eigenvalue weighted by Crippen LogP contribution is -2.62. The fourth-order valence-electron chi connectivity index (χ4n) is 12.0. The predicted molar refractivity (Wildman–Crippen MR) is 157 cm³/mol. The summed E-state index contributed by atoms with van der Waals surface area (Å²) in [6, 6.07) is 0. The van der Waals surface area contributed by atoms with E-state index < -0.39 is 0 Å². The van der Waals surface area contributed by atoms with E-state index in [1.165, 1.54) is 70.6 Å². The van der Waals surface area contributed by atoms with Crippen LogP contribution in [0.3, 0.4) is 0 Å². The van der Waals surface area contributed by atoms with Gasteiger partial charge in [-0.1, -0.05) is 136 Å². The van der Waals surface area contributed by atoms with E-state index in [0.717, 1.165) is 41.4 Å². The average molecular weight is 497 g/mol. The Bertz CT molecular complexity index is 647. The van der Waals surface area contributed by atoms with Crippen LogP contribution in [0.2, 0.25) is 0 Å². The van der Waals surface area contributed by atoms with Gasteiger partial charge in [0, 0.05) is 0 Å². The molecule has 6 atom stereocenters. The van der Waals surface area contributed by atoms with Crippen molar-refractivity contribution >= 4 is 0 Å². The highest BCUT2D eigenvalue weighted by Crippen LogP contribution is 2.71. The Morgan fingerprint density at radius 2 is 1.14 bits per heavy atom. The minimum absolute atomic E-state index is 0.584. The van der Waals surface area contributed by atoms with Gasteiger partial charge in [-0.2, -0.15) is 0 Å². The Balaban J connectivity index is 1.52. The third kappa shape index (κ3) is 5.25. The van der Waals surface area contributed by atoms with E-state index in [0.29, 0.717) is 10.8 Å². The van der Waals surface area contributed by atoms with Gasteiger partial charge in [0.15, 0.2) is 0 Å². The van der Waals surface area contributed by atoms with E-state index in [9.17, 15) is 0 Å². The lowest BCUT2D eigenvalue weighted by Gasteiger charge is -2.68. The Labute approximate surface area is 226 Å². The molecule has 5 aliphatic carbocycles. The molecule has 0 N–H and O–H groups in total. The molecule has 0 heteroatoms. The van der Waals surface area contributed by atoms with Crippen LogP contribution in [-0.4, -0.2) is 0 Å². The van der Waals surface area contributed by atoms with Crippen molar-refractivity contribution in [2.75, 3.05) is 0 Å². The number of hydrogen-bond acceptors (Lipinski definition) is 0. The van der Waals surface area contributed by atoms with E-state index in [-0.39, 0.29) is 0 Å². The van der Waals surface area contributed by atoms with E-state index in [1.54, 1.807) is 83.5 Å². The molecule has 0 nitrogen and oxygen atoms in total. The van der Waals surface area contributed by atoms with Crippen molar-refractivity contribution in [2.24, 2.45) is 52.3 Å². The quantitative estimate of drug-likeness (QED) is 0.293. The molecule has 5 aliphatic rings. The molecule has 0 bridgehead atoms. The third-order valence-corrected chi connectivity index (χ3v) is 13.9. The summed E-state index contributed by atoms with van der Waals surface area (Å²) in [6.45, 7) is 8.28. The SMILES string of the molecule is CCCCCCC1(C)C(C2CCCCC2)CC2C(C3CCCCC3)CCCC2C1(C)C1CCCCC1. The van der Waals surface area contributed by atoms with Crippen molar-refractivity contribution in [1.29, 1.82) is 0 Å². The lowest BCUT2D eigenvalue weighted by molar-refractivity contribution is -0.200. The van der Waals surface area contributed by atoms with E-state index in [2.05, 4.69) is 20.8 Å². The molecule has 0 aliphatic heterocycles. The zero-order chi connectivity index (χ0) is 25.0. The molecule has 36 heavy (non-hydrogen) atoms. The van der Waals surface area contributed by atoms with Gasteiger partial charge in [0.05, 0.1) is 0 Å². The van der Waals surface area contributed by atoms with Crippen LogP contribution in [0.5, 0.6) is 0 Å². The van der Waals surface area contributed by atoms with Crippen LogP contribution >= 0.6 is 0 Å². The molecule has 0 aromatic heterocycles. The van der Waals surface area contributed by atoms with E-state index in [1.807, 2.05) is 0 Å². The highest BCUT2D eigenvalue weighted by atomic mass is 14.7. The first-order valence-corrected chi connectivity index (χ1v) is 17.6. The molecule has 0 spiro atoms. The highest BCUT2D eigenvalue weighted by molar-refractivity contribution is 5.12. The van der Waals surface area contributed by atoms with Crippen molar-refractivity contribution in [3.63, 3.8) is 0 Å². The minimum Gasteiger partial charge on any atom is -0.0654 e. The molecule has 5 rings (SSSR count). The van der Waals surface area contributed by atoms with Gasteiger partial charge in [-0.25, -0.2) is 0 Å². The average Bonchev–Trinajstić information content (AvgIpc) is 2.94.